The van der Waals surface area contributed by atoms with E-state index in [9.17, 15) is 0 Å². The highest BCUT2D eigenvalue weighted by Crippen LogP contribution is 2.59. The maximum Gasteiger partial charge on any atom is 0.0713 e. The van der Waals surface area contributed by atoms with E-state index in [-0.39, 0.29) is 10.8 Å². The number of para-hydroxylation sites is 2. The predicted molar refractivity (Wildman–Crippen MR) is 315 cm³/mol. The Balaban J connectivity index is 1.12. The Morgan fingerprint density at radius 2 is 0.743 bits per heavy atom. The fourth-order valence-corrected chi connectivity index (χ4v) is 11.8. The molecule has 11 aromatic carbocycles. The lowest BCUT2D eigenvalue weighted by Crippen LogP contribution is -2.28. The first kappa shape index (κ1) is 46.5. The van der Waals surface area contributed by atoms with E-state index < -0.39 is 5.41 Å². The van der Waals surface area contributed by atoms with Gasteiger partial charge in [-0.25, -0.2) is 0 Å². The van der Waals surface area contributed by atoms with Crippen LogP contribution in [0.3, 0.4) is 0 Å². The normalized spacial score (nSPS) is 12.8. The van der Waals surface area contributed by atoms with E-state index in [0.29, 0.717) is 0 Å². The fraction of sp³-hybridized carbons (Fsp3) is 0.123. The standard InChI is InChI=1S/C73H61N/c1-71(2,3)56-47-53(48-57(49-56)72(4,5)6)59-36-22-27-52-28-23-37-62(69(52)59)60-33-17-20-41-67(60)74(58-45-43-51(44-46-58)50-25-10-7-11-26-50)68-42-21-18-34-61(68)63-38-24-40-66-70(63)64-35-16-19-39-65(64)73(66,54-29-12-8-13-30-54)55-31-14-9-15-32-55/h7-49H,1-6H3. The minimum Gasteiger partial charge on any atom is -0.309 e. The number of anilines is 3. The number of benzene rings is 11. The van der Waals surface area contributed by atoms with Crippen LogP contribution in [-0.4, -0.2) is 0 Å². The van der Waals surface area contributed by atoms with Crippen molar-refractivity contribution in [2.24, 2.45) is 0 Å². The Morgan fingerprint density at radius 1 is 0.311 bits per heavy atom. The van der Waals surface area contributed by atoms with Crippen molar-refractivity contribution in [3.8, 4) is 55.6 Å². The van der Waals surface area contributed by atoms with Crippen molar-refractivity contribution >= 4 is 27.8 Å². The molecule has 0 unspecified atom stereocenters. The number of nitrogens with zero attached hydrogens (tertiary/aromatic N) is 1. The summed E-state index contributed by atoms with van der Waals surface area (Å²) in [5.74, 6) is 0. The van der Waals surface area contributed by atoms with Crippen molar-refractivity contribution < 1.29 is 0 Å². The maximum atomic E-state index is 2.51. The molecule has 358 valence electrons. The molecule has 0 radical (unpaired) electrons. The molecule has 0 spiro atoms. The molecule has 0 heterocycles. The molecule has 1 nitrogen and oxygen atoms in total. The second-order valence-corrected chi connectivity index (χ2v) is 22.0. The van der Waals surface area contributed by atoms with E-state index in [0.717, 1.165) is 28.2 Å². The van der Waals surface area contributed by atoms with E-state index in [2.05, 4.69) is 307 Å². The van der Waals surface area contributed by atoms with Gasteiger partial charge in [-0.15, -0.1) is 0 Å². The lowest BCUT2D eigenvalue weighted by Gasteiger charge is -2.34. The van der Waals surface area contributed by atoms with Crippen LogP contribution in [0.15, 0.2) is 261 Å². The van der Waals surface area contributed by atoms with Crippen LogP contribution in [0.1, 0.15) is 74.9 Å². The predicted octanol–water partition coefficient (Wildman–Crippen LogP) is 19.9. The summed E-state index contributed by atoms with van der Waals surface area (Å²) in [6.07, 6.45) is 0. The summed E-state index contributed by atoms with van der Waals surface area (Å²) in [5, 5.41) is 2.46. The van der Waals surface area contributed by atoms with Crippen LogP contribution >= 0.6 is 0 Å². The highest BCUT2D eigenvalue weighted by molar-refractivity contribution is 6.09. The zero-order valence-corrected chi connectivity index (χ0v) is 43.3. The van der Waals surface area contributed by atoms with Crippen LogP contribution in [0.25, 0.3) is 66.4 Å². The molecule has 1 heteroatoms. The Kier molecular flexibility index (Phi) is 11.6. The van der Waals surface area contributed by atoms with Crippen LogP contribution in [0, 0.1) is 0 Å². The number of fused-ring (bicyclic) bond motifs is 4. The monoisotopic (exact) mass is 951 g/mol. The molecule has 12 rings (SSSR count). The van der Waals surface area contributed by atoms with Gasteiger partial charge in [0.15, 0.2) is 0 Å². The Bertz CT molecular complexity index is 3760. The molecular weight excluding hydrogens is 891 g/mol. The molecule has 11 aromatic rings. The Labute approximate surface area is 438 Å². The third-order valence-electron chi connectivity index (χ3n) is 15.5. The number of hydrogen-bond donors (Lipinski definition) is 0. The van der Waals surface area contributed by atoms with E-state index in [1.807, 2.05) is 0 Å². The lowest BCUT2D eigenvalue weighted by molar-refractivity contribution is 0.569. The molecule has 0 bridgehead atoms. The molecule has 0 saturated carbocycles. The van der Waals surface area contributed by atoms with Crippen LogP contribution in [-0.2, 0) is 16.2 Å². The maximum absolute atomic E-state index is 2.51. The third kappa shape index (κ3) is 7.96. The minimum atomic E-state index is -0.523. The topological polar surface area (TPSA) is 3.24 Å². The van der Waals surface area contributed by atoms with Gasteiger partial charge in [0, 0.05) is 16.8 Å². The van der Waals surface area contributed by atoms with Gasteiger partial charge in [0.2, 0.25) is 0 Å². The molecule has 0 fully saturated rings. The Morgan fingerprint density at radius 3 is 1.32 bits per heavy atom. The first-order valence-electron chi connectivity index (χ1n) is 26.2. The summed E-state index contributed by atoms with van der Waals surface area (Å²) in [6, 6.07) is 97.2. The fourth-order valence-electron chi connectivity index (χ4n) is 11.8. The average Bonchev–Trinajstić information content (AvgIpc) is 3.80. The van der Waals surface area contributed by atoms with Crippen molar-refractivity contribution in [1.29, 1.82) is 0 Å². The lowest BCUT2D eigenvalue weighted by atomic mass is 9.67. The van der Waals surface area contributed by atoms with Gasteiger partial charge in [-0.3, -0.25) is 0 Å². The van der Waals surface area contributed by atoms with Crippen molar-refractivity contribution in [3.63, 3.8) is 0 Å². The van der Waals surface area contributed by atoms with Gasteiger partial charge in [-0.05, 0) is 124 Å². The molecule has 0 amide bonds. The van der Waals surface area contributed by atoms with Gasteiger partial charge in [-0.1, -0.05) is 278 Å². The SMILES string of the molecule is CC(C)(C)c1cc(-c2cccc3cccc(-c4ccccc4N(c4ccc(-c5ccccc5)cc4)c4ccccc4-c4cccc5c4-c4ccccc4C5(c4ccccc4)c4ccccc4)c23)cc(C(C)(C)C)c1. The summed E-state index contributed by atoms with van der Waals surface area (Å²) in [4.78, 5) is 2.51. The van der Waals surface area contributed by atoms with Gasteiger partial charge in [-0.2, -0.15) is 0 Å². The summed E-state index contributed by atoms with van der Waals surface area (Å²) < 4.78 is 0. The van der Waals surface area contributed by atoms with Crippen LogP contribution in [0.4, 0.5) is 17.1 Å². The quantitative estimate of drug-likeness (QED) is 0.139. The van der Waals surface area contributed by atoms with Gasteiger partial charge >= 0.3 is 0 Å². The highest BCUT2D eigenvalue weighted by Gasteiger charge is 2.47. The largest absolute Gasteiger partial charge is 0.309 e. The van der Waals surface area contributed by atoms with Gasteiger partial charge in [0.1, 0.15) is 0 Å². The minimum absolute atomic E-state index is 0.0223. The second-order valence-electron chi connectivity index (χ2n) is 22.0. The molecule has 0 N–H and O–H groups in total. The van der Waals surface area contributed by atoms with E-state index >= 15 is 0 Å². The first-order chi connectivity index (χ1) is 36.0. The highest BCUT2D eigenvalue weighted by atomic mass is 15.1. The van der Waals surface area contributed by atoms with Crippen LogP contribution in [0.2, 0.25) is 0 Å². The summed E-state index contributed by atoms with van der Waals surface area (Å²) in [6.45, 7) is 14.0. The smallest absolute Gasteiger partial charge is 0.0713 e. The average molecular weight is 952 g/mol. The van der Waals surface area contributed by atoms with E-state index in [1.54, 1.807) is 0 Å². The van der Waals surface area contributed by atoms with Crippen molar-refractivity contribution in [3.05, 3.63) is 294 Å². The number of rotatable bonds is 9. The zero-order valence-electron chi connectivity index (χ0n) is 43.3. The van der Waals surface area contributed by atoms with Crippen molar-refractivity contribution in [2.75, 3.05) is 4.90 Å². The van der Waals surface area contributed by atoms with Gasteiger partial charge in [0.25, 0.3) is 0 Å². The van der Waals surface area contributed by atoms with Gasteiger partial charge < -0.3 is 4.90 Å². The molecule has 0 aliphatic heterocycles. The summed E-state index contributed by atoms with van der Waals surface area (Å²) >= 11 is 0. The van der Waals surface area contributed by atoms with E-state index in [1.165, 1.54) is 88.7 Å². The summed E-state index contributed by atoms with van der Waals surface area (Å²) in [5.41, 5.74) is 22.6. The Hall–Kier alpha value is -8.52. The van der Waals surface area contributed by atoms with Crippen LogP contribution in [0.5, 0.6) is 0 Å². The van der Waals surface area contributed by atoms with E-state index in [4.69, 9.17) is 0 Å². The van der Waals surface area contributed by atoms with Crippen molar-refractivity contribution in [1.82, 2.24) is 0 Å². The molecule has 74 heavy (non-hydrogen) atoms. The van der Waals surface area contributed by atoms with Gasteiger partial charge in [0.05, 0.1) is 16.8 Å². The summed E-state index contributed by atoms with van der Waals surface area (Å²) in [7, 11) is 0. The zero-order chi connectivity index (χ0) is 50.6. The first-order valence-corrected chi connectivity index (χ1v) is 26.2. The molecule has 0 saturated heterocycles. The molecule has 0 aromatic heterocycles. The number of hydrogen-bond acceptors (Lipinski definition) is 1. The van der Waals surface area contributed by atoms with Crippen molar-refractivity contribution in [2.45, 2.75) is 57.8 Å². The van der Waals surface area contributed by atoms with Crippen LogP contribution < -0.4 is 4.90 Å². The third-order valence-corrected chi connectivity index (χ3v) is 15.5. The molecule has 1 aliphatic rings. The molecular formula is C73H61N. The molecule has 1 aliphatic carbocycles. The second kappa shape index (κ2) is 18.5. The molecule has 0 atom stereocenters.